The van der Waals surface area contributed by atoms with Crippen molar-refractivity contribution in [2.45, 2.75) is 89.6 Å². The van der Waals surface area contributed by atoms with Gasteiger partial charge in [-0.1, -0.05) is 23.8 Å². The highest BCUT2D eigenvalue weighted by Crippen LogP contribution is 2.40. The van der Waals surface area contributed by atoms with E-state index >= 15 is 0 Å². The minimum atomic E-state index is -0.858. The van der Waals surface area contributed by atoms with Crippen LogP contribution in [0.2, 0.25) is 0 Å². The molecule has 0 aromatic carbocycles. The normalized spacial score (nSPS) is 44.1. The van der Waals surface area contributed by atoms with Gasteiger partial charge in [-0.15, -0.1) is 0 Å². The van der Waals surface area contributed by atoms with Crippen LogP contribution in [0.15, 0.2) is 35.5 Å². The lowest BCUT2D eigenvalue weighted by Crippen LogP contribution is -2.44. The number of hydrogen-bond acceptors (Lipinski definition) is 3. The number of aliphatic hydroxyl groups excluding tert-OH is 1. The number of fused-ring (bicyclic) bond motifs is 2. The van der Waals surface area contributed by atoms with Gasteiger partial charge in [-0.3, -0.25) is 0 Å². The van der Waals surface area contributed by atoms with Gasteiger partial charge >= 0.3 is 0 Å². The number of aliphatic hydroxyl groups is 2. The van der Waals surface area contributed by atoms with E-state index in [9.17, 15) is 10.2 Å². The van der Waals surface area contributed by atoms with Crippen LogP contribution in [0.1, 0.15) is 66.2 Å². The molecule has 2 bridgehead atoms. The fourth-order valence-corrected chi connectivity index (χ4v) is 3.53. The molecule has 0 amide bonds. The van der Waals surface area contributed by atoms with Crippen LogP contribution < -0.4 is 0 Å². The van der Waals surface area contributed by atoms with Crippen molar-refractivity contribution >= 4 is 0 Å². The first kappa shape index (κ1) is 18.4. The summed E-state index contributed by atoms with van der Waals surface area (Å²) in [5.74, 6) is 0. The third kappa shape index (κ3) is 4.34. The Labute approximate surface area is 140 Å². The van der Waals surface area contributed by atoms with E-state index in [1.807, 2.05) is 26.8 Å². The molecule has 0 saturated carbocycles. The van der Waals surface area contributed by atoms with Crippen molar-refractivity contribution in [1.82, 2.24) is 0 Å². The summed E-state index contributed by atoms with van der Waals surface area (Å²) in [7, 11) is 0. The van der Waals surface area contributed by atoms with Gasteiger partial charge in [0.15, 0.2) is 0 Å². The van der Waals surface area contributed by atoms with Gasteiger partial charge in [0.25, 0.3) is 0 Å². The number of rotatable bonds is 1. The second kappa shape index (κ2) is 6.92. The molecule has 2 aliphatic rings. The van der Waals surface area contributed by atoms with Crippen LogP contribution in [0, 0.1) is 0 Å². The minimum absolute atomic E-state index is 0.224. The summed E-state index contributed by atoms with van der Waals surface area (Å²) in [6, 6.07) is 0. The van der Waals surface area contributed by atoms with Gasteiger partial charge in [-0.2, -0.15) is 0 Å². The second-order valence-corrected chi connectivity index (χ2v) is 7.82. The molecule has 2 aliphatic heterocycles. The van der Waals surface area contributed by atoms with E-state index in [-0.39, 0.29) is 6.10 Å². The van der Waals surface area contributed by atoms with Gasteiger partial charge < -0.3 is 14.9 Å². The summed E-state index contributed by atoms with van der Waals surface area (Å²) in [4.78, 5) is 0. The third-order valence-corrected chi connectivity index (χ3v) is 5.47. The maximum atomic E-state index is 10.8. The maximum absolute atomic E-state index is 10.8. The molecule has 0 aromatic rings. The van der Waals surface area contributed by atoms with Crippen molar-refractivity contribution in [3.63, 3.8) is 0 Å². The Morgan fingerprint density at radius 3 is 2.65 bits per heavy atom. The fourth-order valence-electron chi connectivity index (χ4n) is 3.53. The van der Waals surface area contributed by atoms with Crippen LogP contribution in [0.5, 0.6) is 0 Å². The van der Waals surface area contributed by atoms with E-state index in [4.69, 9.17) is 4.74 Å². The lowest BCUT2D eigenvalue weighted by atomic mass is 9.88. The number of hydrogen-bond donors (Lipinski definition) is 2. The van der Waals surface area contributed by atoms with E-state index in [2.05, 4.69) is 19.6 Å². The van der Waals surface area contributed by atoms with Gasteiger partial charge in [-0.05, 0) is 77.9 Å². The SMILES string of the molecule is C=C(C)/C1=C/[C@@H](O)[C@]2(C)CC[C@H](O2)[C@](C)(O)CC/C=C(\C)CC1. The van der Waals surface area contributed by atoms with Crippen molar-refractivity contribution in [3.8, 4) is 0 Å². The monoisotopic (exact) mass is 320 g/mol. The minimum Gasteiger partial charge on any atom is -0.387 e. The van der Waals surface area contributed by atoms with Crippen molar-refractivity contribution in [3.05, 3.63) is 35.5 Å². The summed E-state index contributed by atoms with van der Waals surface area (Å²) in [6.07, 6.45) is 8.12. The average molecular weight is 320 g/mol. The molecular formula is C20H32O3. The summed E-state index contributed by atoms with van der Waals surface area (Å²) in [6.45, 7) is 12.0. The predicted octanol–water partition coefficient (Wildman–Crippen LogP) is 4.06. The van der Waals surface area contributed by atoms with Crippen molar-refractivity contribution in [2.24, 2.45) is 0 Å². The molecule has 0 unspecified atom stereocenters. The van der Waals surface area contributed by atoms with Crippen molar-refractivity contribution < 1.29 is 14.9 Å². The molecule has 0 radical (unpaired) electrons. The van der Waals surface area contributed by atoms with E-state index in [0.29, 0.717) is 6.42 Å². The van der Waals surface area contributed by atoms with E-state index in [1.165, 1.54) is 5.57 Å². The van der Waals surface area contributed by atoms with Crippen LogP contribution in [0.3, 0.4) is 0 Å². The lowest BCUT2D eigenvalue weighted by Gasteiger charge is -2.34. The first-order chi connectivity index (χ1) is 10.6. The topological polar surface area (TPSA) is 49.7 Å². The zero-order valence-corrected chi connectivity index (χ0v) is 15.1. The van der Waals surface area contributed by atoms with Crippen molar-refractivity contribution in [2.75, 3.05) is 0 Å². The van der Waals surface area contributed by atoms with Gasteiger partial charge in [0.05, 0.1) is 17.3 Å². The molecule has 130 valence electrons. The van der Waals surface area contributed by atoms with Crippen LogP contribution in [-0.2, 0) is 4.74 Å². The molecule has 0 aromatic heterocycles. The Bertz CT molecular complexity index is 515. The van der Waals surface area contributed by atoms with E-state index < -0.39 is 17.3 Å². The van der Waals surface area contributed by atoms with Gasteiger partial charge in [-0.25, -0.2) is 0 Å². The highest BCUT2D eigenvalue weighted by atomic mass is 16.5. The smallest absolute Gasteiger partial charge is 0.101 e. The zero-order valence-electron chi connectivity index (χ0n) is 15.1. The number of allylic oxidation sites excluding steroid dienone is 4. The third-order valence-electron chi connectivity index (χ3n) is 5.47. The van der Waals surface area contributed by atoms with Gasteiger partial charge in [0, 0.05) is 0 Å². The second-order valence-electron chi connectivity index (χ2n) is 7.82. The maximum Gasteiger partial charge on any atom is 0.101 e. The number of ether oxygens (including phenoxy) is 1. The Balaban J connectivity index is 2.33. The highest BCUT2D eigenvalue weighted by molar-refractivity contribution is 5.29. The Hall–Kier alpha value is -0.900. The Morgan fingerprint density at radius 2 is 2.00 bits per heavy atom. The molecule has 2 heterocycles. The van der Waals surface area contributed by atoms with Gasteiger partial charge in [0.2, 0.25) is 0 Å². The summed E-state index contributed by atoms with van der Waals surface area (Å²) >= 11 is 0. The van der Waals surface area contributed by atoms with E-state index in [0.717, 1.165) is 43.3 Å². The molecule has 1 saturated heterocycles. The van der Waals surface area contributed by atoms with Crippen molar-refractivity contribution in [1.29, 1.82) is 0 Å². The molecule has 0 spiro atoms. The lowest BCUT2D eigenvalue weighted by molar-refractivity contribution is -0.150. The van der Waals surface area contributed by atoms with E-state index in [1.54, 1.807) is 0 Å². The predicted molar refractivity (Wildman–Crippen MR) is 94.3 cm³/mol. The standard InChI is InChI=1S/C20H32O3/c1-14(2)16-9-8-15(3)7-6-11-19(4,22)18-10-12-20(5,23-18)17(21)13-16/h7,13,17-18,21-22H,1,6,8-12H2,2-5H3/b15-7+,16-13+/t17-,18+,19-,20+/m1/s1. The molecule has 3 nitrogen and oxygen atoms in total. The van der Waals surface area contributed by atoms with Crippen LogP contribution >= 0.6 is 0 Å². The molecule has 2 N–H and O–H groups in total. The fraction of sp³-hybridized carbons (Fsp3) is 0.700. The average Bonchev–Trinajstić information content (AvgIpc) is 2.86. The molecule has 2 rings (SSSR count). The van der Waals surface area contributed by atoms with Crippen LogP contribution in [-0.4, -0.2) is 33.6 Å². The zero-order chi connectivity index (χ0) is 17.3. The molecule has 1 fully saturated rings. The molecule has 4 atom stereocenters. The molecular weight excluding hydrogens is 288 g/mol. The summed E-state index contributed by atoms with van der Waals surface area (Å²) < 4.78 is 6.15. The van der Waals surface area contributed by atoms with Gasteiger partial charge in [0.1, 0.15) is 6.10 Å². The largest absolute Gasteiger partial charge is 0.387 e. The van der Waals surface area contributed by atoms with Crippen LogP contribution in [0.4, 0.5) is 0 Å². The molecule has 23 heavy (non-hydrogen) atoms. The Morgan fingerprint density at radius 1 is 1.30 bits per heavy atom. The first-order valence-corrected chi connectivity index (χ1v) is 8.74. The quantitative estimate of drug-likeness (QED) is 0.716. The van der Waals surface area contributed by atoms with Crippen LogP contribution in [0.25, 0.3) is 0 Å². The Kier molecular flexibility index (Phi) is 5.55. The highest BCUT2D eigenvalue weighted by Gasteiger charge is 2.47. The summed E-state index contributed by atoms with van der Waals surface area (Å²) in [5, 5.41) is 21.5. The summed E-state index contributed by atoms with van der Waals surface area (Å²) in [5.41, 5.74) is 1.93. The molecule has 3 heteroatoms. The molecule has 0 aliphatic carbocycles. The first-order valence-electron chi connectivity index (χ1n) is 8.74.